The molecule has 162 valence electrons. The van der Waals surface area contributed by atoms with Gasteiger partial charge in [0.1, 0.15) is 16.9 Å². The van der Waals surface area contributed by atoms with E-state index in [1.807, 2.05) is 14.0 Å². The van der Waals surface area contributed by atoms with Crippen molar-refractivity contribution < 1.29 is 9.47 Å². The summed E-state index contributed by atoms with van der Waals surface area (Å²) in [7, 11) is 5.51. The number of benzene rings is 1. The van der Waals surface area contributed by atoms with E-state index in [4.69, 9.17) is 9.47 Å². The van der Waals surface area contributed by atoms with Crippen LogP contribution in [0.3, 0.4) is 0 Å². The summed E-state index contributed by atoms with van der Waals surface area (Å²) in [5.41, 5.74) is 3.37. The van der Waals surface area contributed by atoms with E-state index in [9.17, 15) is 0 Å². The lowest BCUT2D eigenvalue weighted by Crippen LogP contribution is -2.39. The van der Waals surface area contributed by atoms with Gasteiger partial charge in [-0.1, -0.05) is 18.2 Å². The topological polar surface area (TPSA) is 59.0 Å². The van der Waals surface area contributed by atoms with Gasteiger partial charge >= 0.3 is 0 Å². The van der Waals surface area contributed by atoms with E-state index in [0.717, 1.165) is 35.4 Å². The van der Waals surface area contributed by atoms with Crippen molar-refractivity contribution in [3.63, 3.8) is 0 Å². The normalized spacial score (nSPS) is 12.3. The Labute approximate surface area is 195 Å². The Morgan fingerprint density at radius 1 is 1.31 bits per heavy atom. The fraction of sp³-hybridized carbons (Fsp3) is 0.524. The third-order valence-corrected chi connectivity index (χ3v) is 5.56. The van der Waals surface area contributed by atoms with Gasteiger partial charge in [-0.15, -0.1) is 35.3 Å². The Kier molecular flexibility index (Phi) is 11.5. The van der Waals surface area contributed by atoms with E-state index < -0.39 is 0 Å². The van der Waals surface area contributed by atoms with Crippen LogP contribution in [0.2, 0.25) is 0 Å². The molecule has 0 spiro atoms. The summed E-state index contributed by atoms with van der Waals surface area (Å²) in [5, 5.41) is 6.47. The molecule has 0 saturated carbocycles. The number of rotatable bonds is 9. The second-order valence-corrected chi connectivity index (χ2v) is 7.70. The number of hydrogen-bond acceptors (Lipinski definition) is 5. The molecule has 1 aromatic carbocycles. The predicted octanol–water partition coefficient (Wildman–Crippen LogP) is 4.56. The molecule has 2 aromatic rings. The minimum Gasteiger partial charge on any atom is -0.493 e. The first-order chi connectivity index (χ1) is 13.5. The summed E-state index contributed by atoms with van der Waals surface area (Å²) in [4.78, 5) is 11.1. The van der Waals surface area contributed by atoms with E-state index in [1.54, 1.807) is 25.5 Å². The van der Waals surface area contributed by atoms with E-state index in [2.05, 4.69) is 57.6 Å². The molecular formula is C21H33IN4O2S. The molecule has 2 rings (SSSR count). The minimum absolute atomic E-state index is 0. The fourth-order valence-corrected chi connectivity index (χ4v) is 3.70. The van der Waals surface area contributed by atoms with Gasteiger partial charge in [-0.05, 0) is 38.3 Å². The maximum absolute atomic E-state index is 5.96. The van der Waals surface area contributed by atoms with Crippen LogP contribution in [0.15, 0.2) is 28.6 Å². The van der Waals surface area contributed by atoms with E-state index in [1.165, 1.54) is 11.1 Å². The number of hydrogen-bond donors (Lipinski definition) is 1. The van der Waals surface area contributed by atoms with Gasteiger partial charge in [0.05, 0.1) is 18.8 Å². The first-order valence-corrected chi connectivity index (χ1v) is 10.4. The minimum atomic E-state index is 0. The van der Waals surface area contributed by atoms with Crippen LogP contribution in [-0.4, -0.2) is 50.2 Å². The number of ether oxygens (including phenoxy) is 2. The molecule has 0 aliphatic heterocycles. The Hall–Kier alpha value is -1.39. The molecule has 0 aliphatic rings. The van der Waals surface area contributed by atoms with Gasteiger partial charge in [0.2, 0.25) is 0 Å². The number of guanidine groups is 1. The molecule has 0 fully saturated rings. The Morgan fingerprint density at radius 2 is 2.00 bits per heavy atom. The van der Waals surface area contributed by atoms with Crippen LogP contribution in [0.1, 0.15) is 41.3 Å². The molecule has 1 unspecified atom stereocenters. The third kappa shape index (κ3) is 7.75. The van der Waals surface area contributed by atoms with Crippen LogP contribution < -0.4 is 10.1 Å². The second-order valence-electron chi connectivity index (χ2n) is 6.81. The second kappa shape index (κ2) is 13.0. The van der Waals surface area contributed by atoms with Crippen LogP contribution in [0, 0.1) is 13.8 Å². The Balaban J connectivity index is 0.00000420. The summed E-state index contributed by atoms with van der Waals surface area (Å²) in [6.45, 7) is 8.33. The molecule has 0 saturated heterocycles. The summed E-state index contributed by atoms with van der Waals surface area (Å²) >= 11 is 1.63. The van der Waals surface area contributed by atoms with Crippen molar-refractivity contribution in [1.82, 2.24) is 15.2 Å². The lowest BCUT2D eigenvalue weighted by Gasteiger charge is -2.21. The zero-order valence-electron chi connectivity index (χ0n) is 18.2. The number of halogens is 1. The molecule has 0 bridgehead atoms. The monoisotopic (exact) mass is 532 g/mol. The van der Waals surface area contributed by atoms with Crippen molar-refractivity contribution in [3.8, 4) is 5.75 Å². The van der Waals surface area contributed by atoms with Crippen LogP contribution in [0.4, 0.5) is 0 Å². The van der Waals surface area contributed by atoms with Gasteiger partial charge in [0.25, 0.3) is 0 Å². The number of nitrogens with zero attached hydrogens (tertiary/aromatic N) is 3. The number of aliphatic imine (C=N–C) groups is 1. The van der Waals surface area contributed by atoms with Gasteiger partial charge < -0.3 is 19.7 Å². The lowest BCUT2D eigenvalue weighted by atomic mass is 10.1. The fourth-order valence-electron chi connectivity index (χ4n) is 2.86. The standard InChI is InChI=1S/C21H32N4O2S.HI/c1-15-9-7-10-16(2)19(15)27-12-8-11-23-21(22-4)25(5)13-18-14-28-20(24-18)17(3)26-6;/h7,9-10,14,17H,8,11-13H2,1-6H3,(H,22,23);1H. The molecule has 1 heterocycles. The van der Waals surface area contributed by atoms with Crippen LogP contribution in [-0.2, 0) is 11.3 Å². The number of aryl methyl sites for hydroxylation is 2. The van der Waals surface area contributed by atoms with E-state index >= 15 is 0 Å². The maximum atomic E-state index is 5.96. The molecule has 6 nitrogen and oxygen atoms in total. The highest BCUT2D eigenvalue weighted by molar-refractivity contribution is 14.0. The first-order valence-electron chi connectivity index (χ1n) is 9.54. The summed E-state index contributed by atoms with van der Waals surface area (Å²) in [6.07, 6.45) is 0.922. The summed E-state index contributed by atoms with van der Waals surface area (Å²) in [5.74, 6) is 1.84. The predicted molar refractivity (Wildman–Crippen MR) is 132 cm³/mol. The van der Waals surface area contributed by atoms with Crippen LogP contribution in [0.5, 0.6) is 5.75 Å². The average Bonchev–Trinajstić information content (AvgIpc) is 3.14. The average molecular weight is 532 g/mol. The molecule has 1 atom stereocenters. The van der Waals surface area contributed by atoms with Crippen LogP contribution >= 0.6 is 35.3 Å². The molecule has 0 radical (unpaired) electrons. The number of thiazole rings is 1. The zero-order chi connectivity index (χ0) is 20.5. The highest BCUT2D eigenvalue weighted by Gasteiger charge is 2.12. The quantitative estimate of drug-likeness (QED) is 0.222. The highest BCUT2D eigenvalue weighted by Crippen LogP contribution is 2.22. The molecule has 0 amide bonds. The summed E-state index contributed by atoms with van der Waals surface area (Å²) < 4.78 is 11.3. The molecule has 29 heavy (non-hydrogen) atoms. The van der Waals surface area contributed by atoms with Crippen molar-refractivity contribution >= 4 is 41.3 Å². The highest BCUT2D eigenvalue weighted by atomic mass is 127. The molecule has 1 N–H and O–H groups in total. The van der Waals surface area contributed by atoms with E-state index in [0.29, 0.717) is 13.2 Å². The molecule has 8 heteroatoms. The zero-order valence-corrected chi connectivity index (χ0v) is 21.3. The number of nitrogens with one attached hydrogen (secondary N) is 1. The molecule has 1 aromatic heterocycles. The first kappa shape index (κ1) is 25.6. The number of para-hydroxylation sites is 1. The van der Waals surface area contributed by atoms with Crippen LogP contribution in [0.25, 0.3) is 0 Å². The van der Waals surface area contributed by atoms with Crippen molar-refractivity contribution in [2.45, 2.75) is 39.8 Å². The third-order valence-electron chi connectivity index (χ3n) is 4.50. The lowest BCUT2D eigenvalue weighted by molar-refractivity contribution is 0.119. The van der Waals surface area contributed by atoms with Crippen molar-refractivity contribution in [3.05, 3.63) is 45.4 Å². The number of aromatic nitrogens is 1. The number of methoxy groups -OCH3 is 1. The largest absolute Gasteiger partial charge is 0.493 e. The summed E-state index contributed by atoms with van der Waals surface area (Å²) in [6, 6.07) is 6.21. The van der Waals surface area contributed by atoms with Gasteiger partial charge in [-0.2, -0.15) is 0 Å². The maximum Gasteiger partial charge on any atom is 0.193 e. The van der Waals surface area contributed by atoms with Gasteiger partial charge in [0.15, 0.2) is 5.96 Å². The van der Waals surface area contributed by atoms with Gasteiger partial charge in [-0.3, -0.25) is 4.99 Å². The van der Waals surface area contributed by atoms with Crippen molar-refractivity contribution in [1.29, 1.82) is 0 Å². The Morgan fingerprint density at radius 3 is 2.62 bits per heavy atom. The van der Waals surface area contributed by atoms with E-state index in [-0.39, 0.29) is 30.1 Å². The van der Waals surface area contributed by atoms with Gasteiger partial charge in [-0.25, -0.2) is 4.98 Å². The SMILES string of the molecule is CN=C(NCCCOc1c(C)cccc1C)N(C)Cc1csc(C(C)OC)n1.I. The van der Waals surface area contributed by atoms with Crippen molar-refractivity contribution in [2.24, 2.45) is 4.99 Å². The molecular weight excluding hydrogens is 499 g/mol. The van der Waals surface area contributed by atoms with Gasteiger partial charge in [0, 0.05) is 33.1 Å². The molecule has 0 aliphatic carbocycles. The van der Waals surface area contributed by atoms with Crippen molar-refractivity contribution in [2.75, 3.05) is 34.4 Å². The smallest absolute Gasteiger partial charge is 0.193 e. The Bertz CT molecular complexity index is 762.